The number of hydrogen-bond acceptors (Lipinski definition) is 12. The van der Waals surface area contributed by atoms with Gasteiger partial charge in [-0.25, -0.2) is 9.78 Å². The summed E-state index contributed by atoms with van der Waals surface area (Å²) in [5.74, 6) is -1.89. The van der Waals surface area contributed by atoms with E-state index in [0.717, 1.165) is 0 Å². The molecule has 2 amide bonds. The first-order valence-corrected chi connectivity index (χ1v) is 21.8. The van der Waals surface area contributed by atoms with Gasteiger partial charge in [0.2, 0.25) is 0 Å². The van der Waals surface area contributed by atoms with Gasteiger partial charge in [-0.15, -0.1) is 5.06 Å². The van der Waals surface area contributed by atoms with Crippen LogP contribution in [0.25, 0.3) is 11.1 Å². The van der Waals surface area contributed by atoms with Crippen LogP contribution in [0.1, 0.15) is 103 Å². The van der Waals surface area contributed by atoms with Crippen molar-refractivity contribution in [3.8, 4) is 11.5 Å². The fourth-order valence-electron chi connectivity index (χ4n) is 8.22. The van der Waals surface area contributed by atoms with Crippen LogP contribution in [-0.4, -0.2) is 82.2 Å². The van der Waals surface area contributed by atoms with Crippen LogP contribution in [0.3, 0.4) is 0 Å². The molecule has 2 aromatic carbocycles. The fraction of sp³-hybridized carbons (Fsp3) is 0.462. The number of amides is 2. The number of rotatable bonds is 12. The third-order valence-corrected chi connectivity index (χ3v) is 12.9. The van der Waals surface area contributed by atoms with Crippen molar-refractivity contribution < 1.29 is 49.9 Å². The highest BCUT2D eigenvalue weighted by molar-refractivity contribution is 7.86. The third-order valence-electron chi connectivity index (χ3n) is 11.3. The number of hydrogen-bond donors (Lipinski definition) is 2. The van der Waals surface area contributed by atoms with Crippen LogP contribution in [0.2, 0.25) is 0 Å². The van der Waals surface area contributed by atoms with Gasteiger partial charge in [0, 0.05) is 83.8 Å². The van der Waals surface area contributed by atoms with Crippen molar-refractivity contribution in [2.45, 2.75) is 109 Å². The summed E-state index contributed by atoms with van der Waals surface area (Å²) >= 11 is 0. The van der Waals surface area contributed by atoms with Gasteiger partial charge in [0.25, 0.3) is 32.1 Å². The van der Waals surface area contributed by atoms with Gasteiger partial charge in [-0.3, -0.25) is 23.7 Å². The summed E-state index contributed by atoms with van der Waals surface area (Å²) in [4.78, 5) is 52.0. The van der Waals surface area contributed by atoms with Crippen LogP contribution in [0.5, 0.6) is 11.5 Å². The second-order valence-corrected chi connectivity index (χ2v) is 18.7. The number of aryl methyl sites for hydroxylation is 1. The molecule has 1 saturated heterocycles. The fourth-order valence-corrected chi connectivity index (χ4v) is 9.64. The van der Waals surface area contributed by atoms with E-state index in [1.165, 1.54) is 0 Å². The molecule has 0 spiro atoms. The van der Waals surface area contributed by atoms with Crippen LogP contribution in [0.15, 0.2) is 46.6 Å². The predicted molar refractivity (Wildman–Crippen MR) is 207 cm³/mol. The van der Waals surface area contributed by atoms with Crippen LogP contribution in [-0.2, 0) is 51.4 Å². The van der Waals surface area contributed by atoms with Gasteiger partial charge >= 0.3 is 5.97 Å². The van der Waals surface area contributed by atoms with E-state index in [-0.39, 0.29) is 42.2 Å². The van der Waals surface area contributed by atoms with Crippen LogP contribution < -0.4 is 20.2 Å². The highest BCUT2D eigenvalue weighted by atomic mass is 32.2. The number of ether oxygens (including phenoxy) is 1. The Morgan fingerprint density at radius 2 is 1.70 bits per heavy atom. The Balaban J connectivity index is 1.35. The van der Waals surface area contributed by atoms with Crippen LogP contribution in [0, 0.1) is 0 Å². The van der Waals surface area contributed by atoms with Crippen LogP contribution >= 0.6 is 0 Å². The van der Waals surface area contributed by atoms with E-state index in [1.54, 1.807) is 24.5 Å². The van der Waals surface area contributed by atoms with Crippen molar-refractivity contribution in [2.24, 2.45) is 4.99 Å². The zero-order chi connectivity index (χ0) is 41.4. The van der Waals surface area contributed by atoms with Gasteiger partial charge in [-0.05, 0) is 63.8 Å². The number of aromatic nitrogens is 2. The monoisotopic (exact) mass is 823 g/mol. The van der Waals surface area contributed by atoms with Gasteiger partial charge < -0.3 is 19.0 Å². The molecule has 4 aliphatic heterocycles. The van der Waals surface area contributed by atoms with Crippen LogP contribution in [0.4, 0.5) is 5.69 Å². The lowest BCUT2D eigenvalue weighted by Crippen LogP contribution is -2.45. The van der Waals surface area contributed by atoms with E-state index in [1.807, 2.05) is 63.2 Å². The third kappa shape index (κ3) is 7.28. The smallest absolute Gasteiger partial charge is 0.333 e. The molecule has 5 heterocycles. The quantitative estimate of drug-likeness (QED) is 0.118. The molecule has 0 saturated carbocycles. The van der Waals surface area contributed by atoms with Crippen molar-refractivity contribution in [1.82, 2.24) is 14.6 Å². The van der Waals surface area contributed by atoms with Crippen molar-refractivity contribution >= 4 is 54.9 Å². The number of imide groups is 1. The molecule has 304 valence electrons. The molecule has 7 rings (SSSR count). The van der Waals surface area contributed by atoms with E-state index in [0.29, 0.717) is 82.0 Å². The molecular weight excluding hydrogens is 779 g/mol. The first-order chi connectivity index (χ1) is 26.6. The second-order valence-electron chi connectivity index (χ2n) is 15.9. The highest BCUT2D eigenvalue weighted by Gasteiger charge is 2.42. The summed E-state index contributed by atoms with van der Waals surface area (Å²) in [7, 11) is -9.38. The number of fused-ring (bicyclic) bond motifs is 4. The maximum absolute atomic E-state index is 13.3. The summed E-state index contributed by atoms with van der Waals surface area (Å²) in [6.07, 6.45) is 6.71. The number of unbranched alkanes of at least 4 members (excludes halogenated alkanes) is 2. The standard InChI is InChI=1S/C39H45N5O11S2/c1-7-43-28-19-29-25(17-24(28)23(20-38(43,3)4)21-56(48,49)50)33(26-18-27-34(41-22(2)39(27,5)6)36(35(26)54-29)57(51,52)53)37-40-14-16-42(37)15-10-8-9-11-32(47)55-44-30(45)12-13-31(44)46/h14,16-20,22H,7-13,15,21H2,1-6H3,(H,48,49,50)(H,51,52,53). The molecule has 1 unspecified atom stereocenters. The van der Waals surface area contributed by atoms with Crippen molar-refractivity contribution in [1.29, 1.82) is 0 Å². The van der Waals surface area contributed by atoms with E-state index >= 15 is 0 Å². The molecule has 0 radical (unpaired) electrons. The average Bonchev–Trinajstić information content (AvgIpc) is 3.75. The Morgan fingerprint density at radius 1 is 1.00 bits per heavy atom. The van der Waals surface area contributed by atoms with E-state index in [9.17, 15) is 40.3 Å². The number of nitrogens with zero attached hydrogens (tertiary/aromatic N) is 5. The molecule has 18 heteroatoms. The largest absolute Gasteiger partial charge is 0.454 e. The summed E-state index contributed by atoms with van der Waals surface area (Å²) < 4.78 is 80.6. The molecule has 4 aliphatic rings. The average molecular weight is 824 g/mol. The van der Waals surface area contributed by atoms with E-state index in [2.05, 4.69) is 0 Å². The van der Waals surface area contributed by atoms with Crippen molar-refractivity contribution in [3.05, 3.63) is 69.8 Å². The molecule has 0 bridgehead atoms. The summed E-state index contributed by atoms with van der Waals surface area (Å²) in [6.45, 7) is 12.4. The summed E-state index contributed by atoms with van der Waals surface area (Å²) in [5.41, 5.74) is 1.68. The first kappa shape index (κ1) is 40.3. The Kier molecular flexibility index (Phi) is 10.0. The van der Waals surface area contributed by atoms with Gasteiger partial charge in [0.15, 0.2) is 10.6 Å². The number of benzene rings is 2. The van der Waals surface area contributed by atoms with Crippen molar-refractivity contribution in [3.63, 3.8) is 0 Å². The molecular formula is C39H45N5O11S2. The molecule has 1 atom stereocenters. The second kappa shape index (κ2) is 14.2. The lowest BCUT2D eigenvalue weighted by atomic mass is 9.80. The van der Waals surface area contributed by atoms with Gasteiger partial charge in [-0.1, -0.05) is 26.3 Å². The lowest BCUT2D eigenvalue weighted by molar-refractivity contribution is -0.197. The maximum Gasteiger partial charge on any atom is 0.333 e. The topological polar surface area (TPSA) is 215 Å². The SMILES string of the molecule is CCN1c2cc3c(cc2C(CS(=O)(=O)O)=CC1(C)C)C(c1nccn1CCCCCC(=O)ON1C(=O)CCC1=O)=c1cc2c(c(S(=O)(=O)O)c1O3)=NC(C)C2(C)C. The number of carbonyl (C=O) groups excluding carboxylic acids is 3. The lowest BCUT2D eigenvalue weighted by Gasteiger charge is -2.43. The minimum Gasteiger partial charge on any atom is -0.454 e. The number of anilines is 1. The molecule has 0 aliphatic carbocycles. The highest BCUT2D eigenvalue weighted by Crippen LogP contribution is 2.47. The summed E-state index contributed by atoms with van der Waals surface area (Å²) in [6, 6.07) is 4.97. The number of imidazole rings is 1. The number of hydroxylamine groups is 2. The van der Waals surface area contributed by atoms with Gasteiger partial charge in [-0.2, -0.15) is 16.8 Å². The summed E-state index contributed by atoms with van der Waals surface area (Å²) in [5, 5.41) is 0.972. The predicted octanol–water partition coefficient (Wildman–Crippen LogP) is 3.84. The Bertz CT molecular complexity index is 2610. The molecule has 16 nitrogen and oxygen atoms in total. The molecule has 1 fully saturated rings. The molecule has 57 heavy (non-hydrogen) atoms. The Labute approximate surface area is 330 Å². The minimum atomic E-state index is -4.92. The Morgan fingerprint density at radius 3 is 2.35 bits per heavy atom. The zero-order valence-corrected chi connectivity index (χ0v) is 34.2. The normalized spacial score (nSPS) is 19.3. The van der Waals surface area contributed by atoms with Gasteiger partial charge in [0.05, 0.1) is 16.9 Å². The minimum absolute atomic E-state index is 0.00548. The zero-order valence-electron chi connectivity index (χ0n) is 32.5. The van der Waals surface area contributed by atoms with E-state index in [4.69, 9.17) is 19.6 Å². The molecule has 3 aromatic rings. The van der Waals surface area contributed by atoms with E-state index < -0.39 is 59.6 Å². The molecule has 1 aromatic heterocycles. The molecule has 2 N–H and O–H groups in total. The number of likely N-dealkylation sites (N-methyl/N-ethyl adjacent to an activating group) is 1. The van der Waals surface area contributed by atoms with Gasteiger partial charge in [0.1, 0.15) is 17.3 Å². The Hall–Kier alpha value is -4.91. The maximum atomic E-state index is 13.3. The first-order valence-electron chi connectivity index (χ1n) is 18.8. The van der Waals surface area contributed by atoms with Crippen molar-refractivity contribution in [2.75, 3.05) is 17.2 Å². The number of carbonyl (C=O) groups is 3.